The second kappa shape index (κ2) is 14.3. The molecule has 10 nitrogen and oxygen atoms in total. The Morgan fingerprint density at radius 2 is 1.53 bits per heavy atom. The number of fused-ring (bicyclic) bond motifs is 1. The molecule has 0 spiro atoms. The summed E-state index contributed by atoms with van der Waals surface area (Å²) in [6, 6.07) is 15.7. The van der Waals surface area contributed by atoms with Crippen LogP contribution in [-0.2, 0) is 27.2 Å². The van der Waals surface area contributed by atoms with Gasteiger partial charge in [0.05, 0.1) is 11.6 Å². The first kappa shape index (κ1) is 28.9. The largest absolute Gasteiger partial charge is 0.345 e. The van der Waals surface area contributed by atoms with Crippen LogP contribution in [0.1, 0.15) is 17.5 Å². The van der Waals surface area contributed by atoms with Crippen molar-refractivity contribution >= 4 is 28.5 Å². The van der Waals surface area contributed by atoms with E-state index in [1.807, 2.05) is 60.7 Å². The number of hydrogen-bond donors (Lipinski definition) is 5. The number of aromatic nitrogens is 1. The van der Waals surface area contributed by atoms with Crippen molar-refractivity contribution in [1.82, 2.24) is 15.2 Å². The van der Waals surface area contributed by atoms with Crippen molar-refractivity contribution in [2.24, 2.45) is 22.9 Å². The van der Waals surface area contributed by atoms with E-state index in [0.717, 1.165) is 22.0 Å². The highest BCUT2D eigenvalue weighted by Gasteiger charge is 2.32. The van der Waals surface area contributed by atoms with Gasteiger partial charge >= 0.3 is 0 Å². The van der Waals surface area contributed by atoms with Gasteiger partial charge in [-0.25, -0.2) is 0 Å². The van der Waals surface area contributed by atoms with Gasteiger partial charge < -0.3 is 33.2 Å². The molecule has 0 fully saturated rings. The number of rotatable bonds is 14. The molecule has 10 heteroatoms. The summed E-state index contributed by atoms with van der Waals surface area (Å²) >= 11 is 0. The standard InChI is InChI=1S/C28H37N7O3/c29-12-14-35(15-13-30)28(38)26(32)25(31)27(37)34-23(11-10-19-6-2-1-3-7-19)24(36)17-20-16-21-8-4-5-9-22(21)33-18-20/h1-9,16,18,23,25-26H,10-15,17,29-32H2,(H,34,37)/t23-,25-,26+/m0/s1. The summed E-state index contributed by atoms with van der Waals surface area (Å²) in [6.07, 6.45) is 2.67. The van der Waals surface area contributed by atoms with Gasteiger partial charge in [0.15, 0.2) is 5.78 Å². The van der Waals surface area contributed by atoms with Crippen molar-refractivity contribution in [3.05, 3.63) is 78.0 Å². The monoisotopic (exact) mass is 519 g/mol. The van der Waals surface area contributed by atoms with E-state index in [2.05, 4.69) is 10.3 Å². The molecule has 2 amide bonds. The number of aryl methyl sites for hydroxylation is 1. The van der Waals surface area contributed by atoms with Crippen LogP contribution in [0.3, 0.4) is 0 Å². The number of nitrogens with one attached hydrogen (secondary N) is 1. The van der Waals surface area contributed by atoms with Crippen LogP contribution in [0.2, 0.25) is 0 Å². The Kier molecular flexibility index (Phi) is 10.9. The van der Waals surface area contributed by atoms with Gasteiger partial charge in [0.25, 0.3) is 0 Å². The van der Waals surface area contributed by atoms with E-state index < -0.39 is 29.9 Å². The second-order valence-electron chi connectivity index (χ2n) is 9.22. The molecule has 0 unspecified atom stereocenters. The van der Waals surface area contributed by atoms with E-state index in [-0.39, 0.29) is 38.4 Å². The number of benzene rings is 2. The molecule has 1 heterocycles. The van der Waals surface area contributed by atoms with Gasteiger partial charge in [-0.3, -0.25) is 19.4 Å². The minimum Gasteiger partial charge on any atom is -0.345 e. The average Bonchev–Trinajstić information content (AvgIpc) is 2.94. The van der Waals surface area contributed by atoms with Crippen LogP contribution in [0, 0.1) is 0 Å². The molecule has 38 heavy (non-hydrogen) atoms. The lowest BCUT2D eigenvalue weighted by molar-refractivity contribution is -0.136. The van der Waals surface area contributed by atoms with Crippen LogP contribution in [0.15, 0.2) is 66.9 Å². The quantitative estimate of drug-likeness (QED) is 0.195. The van der Waals surface area contributed by atoms with E-state index >= 15 is 0 Å². The molecule has 3 atom stereocenters. The van der Waals surface area contributed by atoms with Gasteiger partial charge in [-0.05, 0) is 36.1 Å². The first-order valence-electron chi connectivity index (χ1n) is 12.7. The molecule has 2 aromatic carbocycles. The number of Topliss-reactive ketones (excluding diaryl/α,β-unsaturated/α-hetero) is 1. The number of hydrogen-bond acceptors (Lipinski definition) is 8. The zero-order valence-electron chi connectivity index (χ0n) is 21.5. The number of ketones is 1. The third kappa shape index (κ3) is 7.90. The molecular formula is C28H37N7O3. The Hall–Kier alpha value is -3.70. The van der Waals surface area contributed by atoms with Gasteiger partial charge in [0, 0.05) is 44.2 Å². The van der Waals surface area contributed by atoms with Gasteiger partial charge in [0.2, 0.25) is 11.8 Å². The van der Waals surface area contributed by atoms with E-state index in [1.54, 1.807) is 6.20 Å². The fraction of sp³-hybridized carbons (Fsp3) is 0.357. The van der Waals surface area contributed by atoms with Crippen LogP contribution in [0.5, 0.6) is 0 Å². The van der Waals surface area contributed by atoms with Crippen molar-refractivity contribution in [1.29, 1.82) is 0 Å². The maximum absolute atomic E-state index is 13.4. The predicted octanol–water partition coefficient (Wildman–Crippen LogP) is -0.135. The summed E-state index contributed by atoms with van der Waals surface area (Å²) < 4.78 is 0. The summed E-state index contributed by atoms with van der Waals surface area (Å²) in [5, 5.41) is 3.67. The van der Waals surface area contributed by atoms with Gasteiger partial charge in [-0.15, -0.1) is 0 Å². The number of nitrogens with two attached hydrogens (primary N) is 4. The molecule has 0 aliphatic carbocycles. The highest BCUT2D eigenvalue weighted by molar-refractivity contribution is 5.96. The number of pyridine rings is 1. The second-order valence-corrected chi connectivity index (χ2v) is 9.22. The van der Waals surface area contributed by atoms with Crippen LogP contribution < -0.4 is 28.3 Å². The highest BCUT2D eigenvalue weighted by Crippen LogP contribution is 2.15. The molecule has 202 valence electrons. The van der Waals surface area contributed by atoms with Gasteiger partial charge in [-0.2, -0.15) is 0 Å². The maximum atomic E-state index is 13.4. The Morgan fingerprint density at radius 1 is 0.868 bits per heavy atom. The fourth-order valence-corrected chi connectivity index (χ4v) is 4.25. The van der Waals surface area contributed by atoms with Crippen LogP contribution in [0.4, 0.5) is 0 Å². The third-order valence-corrected chi connectivity index (χ3v) is 6.38. The smallest absolute Gasteiger partial charge is 0.241 e. The Bertz CT molecular complexity index is 1220. The summed E-state index contributed by atoms with van der Waals surface area (Å²) in [5.41, 5.74) is 25.9. The lowest BCUT2D eigenvalue weighted by Crippen LogP contribution is -2.61. The SMILES string of the molecule is NCCN(CCN)C(=O)[C@H](N)[C@H](N)C(=O)N[C@@H](CCc1ccccc1)C(=O)Cc1cnc2ccccc2c1. The highest BCUT2D eigenvalue weighted by atomic mass is 16.2. The Labute approximate surface area is 222 Å². The molecule has 3 aromatic rings. The molecule has 1 aromatic heterocycles. The lowest BCUT2D eigenvalue weighted by atomic mass is 9.97. The summed E-state index contributed by atoms with van der Waals surface area (Å²) in [6.45, 7) is 0.936. The molecule has 0 aliphatic heterocycles. The normalized spacial score (nSPS) is 13.5. The first-order valence-corrected chi connectivity index (χ1v) is 12.7. The molecular weight excluding hydrogens is 482 g/mol. The molecule has 0 bridgehead atoms. The van der Waals surface area contributed by atoms with Gasteiger partial charge in [-0.1, -0.05) is 48.5 Å². The minimum absolute atomic E-state index is 0.0819. The number of carbonyl (C=O) groups excluding carboxylic acids is 3. The lowest BCUT2D eigenvalue weighted by Gasteiger charge is -2.28. The van der Waals surface area contributed by atoms with Crippen molar-refractivity contribution < 1.29 is 14.4 Å². The molecule has 0 saturated heterocycles. The predicted molar refractivity (Wildman–Crippen MR) is 148 cm³/mol. The van der Waals surface area contributed by atoms with Crippen LogP contribution >= 0.6 is 0 Å². The van der Waals surface area contributed by atoms with Crippen molar-refractivity contribution in [2.45, 2.75) is 37.4 Å². The zero-order chi connectivity index (χ0) is 27.5. The summed E-state index contributed by atoms with van der Waals surface area (Å²) in [7, 11) is 0. The summed E-state index contributed by atoms with van der Waals surface area (Å²) in [5.74, 6) is -1.38. The maximum Gasteiger partial charge on any atom is 0.241 e. The van der Waals surface area contributed by atoms with Crippen molar-refractivity contribution in [2.75, 3.05) is 26.2 Å². The van der Waals surface area contributed by atoms with Crippen LogP contribution in [0.25, 0.3) is 10.9 Å². The molecule has 0 aliphatic rings. The topological polar surface area (TPSA) is 183 Å². The molecule has 3 rings (SSSR count). The fourth-order valence-electron chi connectivity index (χ4n) is 4.25. The molecule has 9 N–H and O–H groups in total. The van der Waals surface area contributed by atoms with Crippen molar-refractivity contribution in [3.63, 3.8) is 0 Å². The first-order chi connectivity index (χ1) is 18.3. The average molecular weight is 520 g/mol. The van der Waals surface area contributed by atoms with E-state index in [4.69, 9.17) is 22.9 Å². The van der Waals surface area contributed by atoms with E-state index in [9.17, 15) is 14.4 Å². The number of nitrogens with zero attached hydrogens (tertiary/aromatic N) is 2. The Morgan fingerprint density at radius 3 is 2.21 bits per heavy atom. The zero-order valence-corrected chi connectivity index (χ0v) is 21.5. The number of amides is 2. The summed E-state index contributed by atoms with van der Waals surface area (Å²) in [4.78, 5) is 45.1. The minimum atomic E-state index is -1.35. The van der Waals surface area contributed by atoms with E-state index in [1.165, 1.54) is 4.90 Å². The Balaban J connectivity index is 1.73. The number of para-hydroxylation sites is 1. The third-order valence-electron chi connectivity index (χ3n) is 6.38. The molecule has 0 radical (unpaired) electrons. The van der Waals surface area contributed by atoms with E-state index in [0.29, 0.717) is 12.8 Å². The van der Waals surface area contributed by atoms with Gasteiger partial charge in [0.1, 0.15) is 12.1 Å². The number of carbonyl (C=O) groups is 3. The van der Waals surface area contributed by atoms with Crippen LogP contribution in [-0.4, -0.2) is 71.8 Å². The van der Waals surface area contributed by atoms with Crippen molar-refractivity contribution in [3.8, 4) is 0 Å². The molecule has 0 saturated carbocycles.